The van der Waals surface area contributed by atoms with Gasteiger partial charge in [0.2, 0.25) is 0 Å². The van der Waals surface area contributed by atoms with Crippen molar-refractivity contribution >= 4 is 17.7 Å². The molecule has 0 aliphatic carbocycles. The Labute approximate surface area is 197 Å². The predicted octanol–water partition coefficient (Wildman–Crippen LogP) is 5.39. The van der Waals surface area contributed by atoms with Crippen molar-refractivity contribution in [1.82, 2.24) is 9.88 Å². The second kappa shape index (κ2) is 10.3. The molecule has 1 heterocycles. The minimum Gasteiger partial charge on any atom is -0.506 e. The smallest absolute Gasteiger partial charge is 0.407 e. The molecule has 0 bridgehead atoms. The molecule has 0 saturated carbocycles. The molecule has 0 saturated heterocycles. The average molecular weight is 453 g/mol. The van der Waals surface area contributed by atoms with Gasteiger partial charge in [-0.1, -0.05) is 54.6 Å². The lowest BCUT2D eigenvalue weighted by molar-refractivity contribution is 0.102. The number of benzene rings is 3. The van der Waals surface area contributed by atoms with Crippen molar-refractivity contribution in [2.24, 2.45) is 0 Å². The highest BCUT2D eigenvalue weighted by atomic mass is 16.4. The Morgan fingerprint density at radius 2 is 1.56 bits per heavy atom. The third kappa shape index (κ3) is 5.58. The zero-order chi connectivity index (χ0) is 23.9. The minimum atomic E-state index is -1.04. The SMILES string of the molecule is O=C(Nc1cc(-c2ccccc2)ccc1O)c1ccc(CN(Cc2cccnc2)C(=O)O)cc1. The third-order valence-corrected chi connectivity index (χ3v) is 5.31. The van der Waals surface area contributed by atoms with Crippen LogP contribution in [0.25, 0.3) is 11.1 Å². The summed E-state index contributed by atoms with van der Waals surface area (Å²) in [5.74, 6) is -0.408. The van der Waals surface area contributed by atoms with Gasteiger partial charge < -0.3 is 15.5 Å². The number of nitrogens with one attached hydrogen (secondary N) is 1. The fourth-order valence-corrected chi connectivity index (χ4v) is 3.53. The topological polar surface area (TPSA) is 103 Å². The van der Waals surface area contributed by atoms with E-state index in [1.165, 1.54) is 4.90 Å². The molecular weight excluding hydrogens is 430 g/mol. The van der Waals surface area contributed by atoms with E-state index in [0.29, 0.717) is 11.3 Å². The average Bonchev–Trinajstić information content (AvgIpc) is 2.86. The van der Waals surface area contributed by atoms with Crippen molar-refractivity contribution < 1.29 is 19.8 Å². The largest absolute Gasteiger partial charge is 0.506 e. The van der Waals surface area contributed by atoms with Crippen LogP contribution in [0.5, 0.6) is 5.75 Å². The lowest BCUT2D eigenvalue weighted by Gasteiger charge is -2.19. The van der Waals surface area contributed by atoms with Crippen molar-refractivity contribution in [2.75, 3.05) is 5.32 Å². The quantitative estimate of drug-likeness (QED) is 0.326. The zero-order valence-corrected chi connectivity index (χ0v) is 18.3. The van der Waals surface area contributed by atoms with Crippen LogP contribution in [0.15, 0.2) is 97.3 Å². The Kier molecular flexibility index (Phi) is 6.84. The molecule has 3 N–H and O–H groups in total. The molecule has 0 aliphatic heterocycles. The number of anilines is 1. The van der Waals surface area contributed by atoms with Crippen LogP contribution in [0.2, 0.25) is 0 Å². The fraction of sp³-hybridized carbons (Fsp3) is 0.0741. The van der Waals surface area contributed by atoms with Crippen molar-refractivity contribution in [3.8, 4) is 16.9 Å². The molecule has 3 aromatic carbocycles. The number of phenolic OH excluding ortho intramolecular Hbond substituents is 1. The van der Waals surface area contributed by atoms with E-state index in [-0.39, 0.29) is 24.7 Å². The van der Waals surface area contributed by atoms with Crippen LogP contribution in [0.4, 0.5) is 10.5 Å². The van der Waals surface area contributed by atoms with Crippen LogP contribution in [0.3, 0.4) is 0 Å². The summed E-state index contributed by atoms with van der Waals surface area (Å²) in [4.78, 5) is 29.7. The molecule has 7 nitrogen and oxygen atoms in total. The van der Waals surface area contributed by atoms with Crippen LogP contribution in [-0.2, 0) is 13.1 Å². The Morgan fingerprint density at radius 1 is 0.824 bits per heavy atom. The maximum absolute atomic E-state index is 12.8. The fourth-order valence-electron chi connectivity index (χ4n) is 3.53. The summed E-state index contributed by atoms with van der Waals surface area (Å²) in [7, 11) is 0. The zero-order valence-electron chi connectivity index (χ0n) is 18.3. The Morgan fingerprint density at radius 3 is 2.24 bits per heavy atom. The summed E-state index contributed by atoms with van der Waals surface area (Å²) in [6.45, 7) is 0.383. The number of hydrogen-bond donors (Lipinski definition) is 3. The molecule has 0 fully saturated rings. The Hall–Kier alpha value is -4.65. The van der Waals surface area contributed by atoms with Gasteiger partial charge >= 0.3 is 6.09 Å². The van der Waals surface area contributed by atoms with Crippen LogP contribution in [0, 0.1) is 0 Å². The summed E-state index contributed by atoms with van der Waals surface area (Å²) in [6.07, 6.45) is 2.22. The normalized spacial score (nSPS) is 10.5. The van der Waals surface area contributed by atoms with Gasteiger partial charge in [-0.3, -0.25) is 14.7 Å². The molecule has 0 radical (unpaired) electrons. The standard InChI is InChI=1S/C27H23N3O4/c31-25-13-12-23(21-6-2-1-3-7-21)15-24(25)29-26(32)22-10-8-19(9-11-22)17-30(27(33)34)18-20-5-4-14-28-16-20/h1-16,31H,17-18H2,(H,29,32)(H,33,34). The first-order chi connectivity index (χ1) is 16.5. The summed E-state index contributed by atoms with van der Waals surface area (Å²) in [5.41, 5.74) is 4.07. The number of rotatable bonds is 7. The van der Waals surface area contributed by atoms with E-state index < -0.39 is 6.09 Å². The van der Waals surface area contributed by atoms with E-state index in [0.717, 1.165) is 22.3 Å². The second-order valence-electron chi connectivity index (χ2n) is 7.75. The van der Waals surface area contributed by atoms with Gasteiger partial charge in [0.15, 0.2) is 0 Å². The van der Waals surface area contributed by atoms with E-state index >= 15 is 0 Å². The number of pyridine rings is 1. The highest BCUT2D eigenvalue weighted by molar-refractivity contribution is 6.05. The summed E-state index contributed by atoms with van der Waals surface area (Å²) < 4.78 is 0. The highest BCUT2D eigenvalue weighted by Crippen LogP contribution is 2.30. The molecule has 0 atom stereocenters. The maximum atomic E-state index is 12.8. The second-order valence-corrected chi connectivity index (χ2v) is 7.75. The van der Waals surface area contributed by atoms with Crippen LogP contribution in [0.1, 0.15) is 21.5 Å². The van der Waals surface area contributed by atoms with Crippen molar-refractivity contribution in [1.29, 1.82) is 0 Å². The molecule has 2 amide bonds. The molecule has 7 heteroatoms. The number of carbonyl (C=O) groups excluding carboxylic acids is 1. The minimum absolute atomic E-state index is 0.0304. The number of aromatic nitrogens is 1. The molecule has 1 aromatic heterocycles. The number of amides is 2. The third-order valence-electron chi connectivity index (χ3n) is 5.31. The molecular formula is C27H23N3O4. The summed E-state index contributed by atoms with van der Waals surface area (Å²) in [6, 6.07) is 25.0. The number of carbonyl (C=O) groups is 2. The lowest BCUT2D eigenvalue weighted by atomic mass is 10.0. The van der Waals surface area contributed by atoms with Crippen molar-refractivity contribution in [3.05, 3.63) is 114 Å². The predicted molar refractivity (Wildman–Crippen MR) is 129 cm³/mol. The molecule has 34 heavy (non-hydrogen) atoms. The summed E-state index contributed by atoms with van der Waals surface area (Å²) in [5, 5.41) is 22.5. The van der Waals surface area contributed by atoms with Gasteiger partial charge in [0.1, 0.15) is 5.75 Å². The Bertz CT molecular complexity index is 1280. The number of aromatic hydroxyl groups is 1. The van der Waals surface area contributed by atoms with Gasteiger partial charge in [-0.15, -0.1) is 0 Å². The van der Waals surface area contributed by atoms with Crippen molar-refractivity contribution in [2.45, 2.75) is 13.1 Å². The maximum Gasteiger partial charge on any atom is 0.407 e. The molecule has 4 rings (SSSR count). The van der Waals surface area contributed by atoms with E-state index in [9.17, 15) is 19.8 Å². The Balaban J connectivity index is 1.44. The summed E-state index contributed by atoms with van der Waals surface area (Å²) >= 11 is 0. The molecule has 0 aliphatic rings. The number of nitrogens with zero attached hydrogens (tertiary/aromatic N) is 2. The molecule has 0 spiro atoms. The first-order valence-corrected chi connectivity index (χ1v) is 10.6. The lowest BCUT2D eigenvalue weighted by Crippen LogP contribution is -2.28. The van der Waals surface area contributed by atoms with E-state index in [2.05, 4.69) is 10.3 Å². The molecule has 0 unspecified atom stereocenters. The van der Waals surface area contributed by atoms with Crippen LogP contribution in [-0.4, -0.2) is 32.1 Å². The van der Waals surface area contributed by atoms with Gasteiger partial charge in [0.05, 0.1) is 12.2 Å². The first kappa shape index (κ1) is 22.5. The van der Waals surface area contributed by atoms with Gasteiger partial charge in [0.25, 0.3) is 5.91 Å². The van der Waals surface area contributed by atoms with E-state index in [1.807, 2.05) is 36.4 Å². The molecule has 4 aromatic rings. The first-order valence-electron chi connectivity index (χ1n) is 10.6. The van der Waals surface area contributed by atoms with Crippen LogP contribution < -0.4 is 5.32 Å². The number of carboxylic acid groups (broad SMARTS) is 1. The van der Waals surface area contributed by atoms with Gasteiger partial charge in [-0.25, -0.2) is 4.79 Å². The van der Waals surface area contributed by atoms with Gasteiger partial charge in [0, 0.05) is 24.5 Å². The van der Waals surface area contributed by atoms with Crippen molar-refractivity contribution in [3.63, 3.8) is 0 Å². The van der Waals surface area contributed by atoms with E-state index in [1.54, 1.807) is 60.9 Å². The number of hydrogen-bond acceptors (Lipinski definition) is 4. The highest BCUT2D eigenvalue weighted by Gasteiger charge is 2.15. The molecule has 170 valence electrons. The van der Waals surface area contributed by atoms with E-state index in [4.69, 9.17) is 0 Å². The van der Waals surface area contributed by atoms with Crippen LogP contribution >= 0.6 is 0 Å². The van der Waals surface area contributed by atoms with Gasteiger partial charge in [-0.2, -0.15) is 0 Å². The number of phenols is 1. The monoisotopic (exact) mass is 453 g/mol. The van der Waals surface area contributed by atoms with Gasteiger partial charge in [-0.05, 0) is 52.6 Å².